The van der Waals surface area contributed by atoms with Crippen LogP contribution < -0.4 is 5.32 Å². The number of nitrogens with one attached hydrogen (secondary N) is 1. The summed E-state index contributed by atoms with van der Waals surface area (Å²) in [6, 6.07) is 1.19. The van der Waals surface area contributed by atoms with Crippen LogP contribution in [-0.2, 0) is 12.7 Å². The fourth-order valence-corrected chi connectivity index (χ4v) is 1.67. The SMILES string of the molecule is CNCCn1nc(C(F)(F)F)cc1C1CC1. The highest BCUT2D eigenvalue weighted by molar-refractivity contribution is 5.20. The van der Waals surface area contributed by atoms with E-state index in [1.165, 1.54) is 10.7 Å². The van der Waals surface area contributed by atoms with Crippen molar-refractivity contribution in [1.29, 1.82) is 0 Å². The van der Waals surface area contributed by atoms with Crippen molar-refractivity contribution in [3.05, 3.63) is 17.5 Å². The molecule has 1 aliphatic carbocycles. The summed E-state index contributed by atoms with van der Waals surface area (Å²) in [5.74, 6) is 0.278. The van der Waals surface area contributed by atoms with E-state index in [4.69, 9.17) is 0 Å². The number of nitrogens with zero attached hydrogens (tertiary/aromatic N) is 2. The lowest BCUT2D eigenvalue weighted by molar-refractivity contribution is -0.141. The Balaban J connectivity index is 2.23. The van der Waals surface area contributed by atoms with Crippen LogP contribution in [-0.4, -0.2) is 23.4 Å². The van der Waals surface area contributed by atoms with E-state index in [1.807, 2.05) is 0 Å². The second-order valence-corrected chi connectivity index (χ2v) is 4.05. The molecule has 1 heterocycles. The minimum absolute atomic E-state index is 0.278. The fourth-order valence-electron chi connectivity index (χ4n) is 1.67. The molecule has 6 heteroatoms. The number of hydrogen-bond acceptors (Lipinski definition) is 2. The summed E-state index contributed by atoms with van der Waals surface area (Å²) in [4.78, 5) is 0. The molecule has 0 saturated heterocycles. The summed E-state index contributed by atoms with van der Waals surface area (Å²) in [5.41, 5.74) is -0.0481. The van der Waals surface area contributed by atoms with Crippen LogP contribution in [0.25, 0.3) is 0 Å². The van der Waals surface area contributed by atoms with E-state index < -0.39 is 11.9 Å². The van der Waals surface area contributed by atoms with Crippen molar-refractivity contribution in [3.8, 4) is 0 Å². The topological polar surface area (TPSA) is 29.9 Å². The van der Waals surface area contributed by atoms with E-state index in [2.05, 4.69) is 10.4 Å². The molecule has 90 valence electrons. The molecule has 0 spiro atoms. The highest BCUT2D eigenvalue weighted by Gasteiger charge is 2.37. The van der Waals surface area contributed by atoms with Crippen LogP contribution in [0.1, 0.15) is 30.1 Å². The normalized spacial score (nSPS) is 16.8. The van der Waals surface area contributed by atoms with Crippen molar-refractivity contribution in [2.24, 2.45) is 0 Å². The molecule has 1 aromatic heterocycles. The third-order valence-electron chi connectivity index (χ3n) is 2.67. The zero-order valence-electron chi connectivity index (χ0n) is 9.01. The first-order chi connectivity index (χ1) is 7.52. The second kappa shape index (κ2) is 4.08. The zero-order valence-corrected chi connectivity index (χ0v) is 9.01. The van der Waals surface area contributed by atoms with Crippen LogP contribution in [0.2, 0.25) is 0 Å². The molecule has 1 fully saturated rings. The van der Waals surface area contributed by atoms with Crippen molar-refractivity contribution in [3.63, 3.8) is 0 Å². The van der Waals surface area contributed by atoms with E-state index in [9.17, 15) is 13.2 Å². The number of hydrogen-bond donors (Lipinski definition) is 1. The molecule has 1 N–H and O–H groups in total. The molecular formula is C10H14F3N3. The number of halogens is 3. The molecule has 0 aliphatic heterocycles. The predicted molar refractivity (Wildman–Crippen MR) is 53.1 cm³/mol. The van der Waals surface area contributed by atoms with Crippen LogP contribution in [0, 0.1) is 0 Å². The van der Waals surface area contributed by atoms with Gasteiger partial charge < -0.3 is 5.32 Å². The molecule has 1 saturated carbocycles. The first-order valence-corrected chi connectivity index (χ1v) is 5.32. The van der Waals surface area contributed by atoms with E-state index in [1.54, 1.807) is 7.05 Å². The minimum atomic E-state index is -4.34. The van der Waals surface area contributed by atoms with Crippen LogP contribution in [0.5, 0.6) is 0 Å². The van der Waals surface area contributed by atoms with Gasteiger partial charge in [0, 0.05) is 18.2 Å². The smallest absolute Gasteiger partial charge is 0.318 e. The Kier molecular flexibility index (Phi) is 2.92. The molecule has 0 radical (unpaired) electrons. The predicted octanol–water partition coefficient (Wildman–Crippen LogP) is 2.00. The van der Waals surface area contributed by atoms with Crippen molar-refractivity contribution in [2.75, 3.05) is 13.6 Å². The largest absolute Gasteiger partial charge is 0.435 e. The Morgan fingerprint density at radius 1 is 1.50 bits per heavy atom. The van der Waals surface area contributed by atoms with Gasteiger partial charge in [0.25, 0.3) is 0 Å². The Labute approximate surface area is 91.6 Å². The first-order valence-electron chi connectivity index (χ1n) is 5.32. The minimum Gasteiger partial charge on any atom is -0.318 e. The van der Waals surface area contributed by atoms with Gasteiger partial charge in [-0.3, -0.25) is 4.68 Å². The molecular weight excluding hydrogens is 219 g/mol. The van der Waals surface area contributed by atoms with Gasteiger partial charge in [-0.25, -0.2) is 0 Å². The van der Waals surface area contributed by atoms with Gasteiger partial charge in [0.15, 0.2) is 5.69 Å². The number of likely N-dealkylation sites (N-methyl/N-ethyl adjacent to an activating group) is 1. The van der Waals surface area contributed by atoms with Gasteiger partial charge >= 0.3 is 6.18 Å². The average molecular weight is 233 g/mol. The van der Waals surface area contributed by atoms with Gasteiger partial charge in [-0.15, -0.1) is 0 Å². The summed E-state index contributed by atoms with van der Waals surface area (Å²) in [7, 11) is 1.77. The van der Waals surface area contributed by atoms with Gasteiger partial charge in [-0.2, -0.15) is 18.3 Å². The third-order valence-corrected chi connectivity index (χ3v) is 2.67. The van der Waals surface area contributed by atoms with Gasteiger partial charge in [-0.05, 0) is 26.0 Å². The fraction of sp³-hybridized carbons (Fsp3) is 0.700. The average Bonchev–Trinajstić information content (AvgIpc) is 2.94. The highest BCUT2D eigenvalue weighted by atomic mass is 19.4. The van der Waals surface area contributed by atoms with Crippen molar-refractivity contribution in [2.45, 2.75) is 31.5 Å². The Morgan fingerprint density at radius 2 is 2.19 bits per heavy atom. The molecule has 1 aromatic rings. The lowest BCUT2D eigenvalue weighted by Gasteiger charge is -2.05. The van der Waals surface area contributed by atoms with Gasteiger partial charge in [0.05, 0.1) is 6.54 Å². The maximum absolute atomic E-state index is 12.5. The van der Waals surface area contributed by atoms with Crippen molar-refractivity contribution < 1.29 is 13.2 Å². The third kappa shape index (κ3) is 2.37. The van der Waals surface area contributed by atoms with Crippen molar-refractivity contribution in [1.82, 2.24) is 15.1 Å². The summed E-state index contributed by atoms with van der Waals surface area (Å²) >= 11 is 0. The summed E-state index contributed by atoms with van der Waals surface area (Å²) in [6.45, 7) is 1.11. The summed E-state index contributed by atoms with van der Waals surface area (Å²) < 4.78 is 39.0. The molecule has 0 aromatic carbocycles. The first kappa shape index (κ1) is 11.4. The number of rotatable bonds is 4. The van der Waals surface area contributed by atoms with Crippen LogP contribution in [0.3, 0.4) is 0 Å². The van der Waals surface area contributed by atoms with E-state index in [-0.39, 0.29) is 5.92 Å². The molecule has 0 amide bonds. The van der Waals surface area contributed by atoms with Gasteiger partial charge in [0.2, 0.25) is 0 Å². The molecule has 2 rings (SSSR count). The lowest BCUT2D eigenvalue weighted by Crippen LogP contribution is -2.17. The maximum atomic E-state index is 12.5. The Hall–Kier alpha value is -1.04. The van der Waals surface area contributed by atoms with Crippen LogP contribution >= 0.6 is 0 Å². The monoisotopic (exact) mass is 233 g/mol. The standard InChI is InChI=1S/C10H14F3N3/c1-14-4-5-16-8(7-2-3-7)6-9(15-16)10(11,12)13/h6-7,14H,2-5H2,1H3. The van der Waals surface area contributed by atoms with E-state index in [0.717, 1.165) is 18.5 Å². The van der Waals surface area contributed by atoms with Crippen LogP contribution in [0.4, 0.5) is 13.2 Å². The second-order valence-electron chi connectivity index (χ2n) is 4.05. The lowest BCUT2D eigenvalue weighted by atomic mass is 10.2. The Bertz CT molecular complexity index is 366. The van der Waals surface area contributed by atoms with Crippen molar-refractivity contribution >= 4 is 0 Å². The van der Waals surface area contributed by atoms with E-state index in [0.29, 0.717) is 13.1 Å². The number of alkyl halides is 3. The molecule has 0 bridgehead atoms. The van der Waals surface area contributed by atoms with E-state index >= 15 is 0 Å². The highest BCUT2D eigenvalue weighted by Crippen LogP contribution is 2.41. The maximum Gasteiger partial charge on any atom is 0.435 e. The summed E-state index contributed by atoms with van der Waals surface area (Å²) in [6.07, 6.45) is -2.39. The molecule has 1 aliphatic rings. The van der Waals surface area contributed by atoms with Gasteiger partial charge in [-0.1, -0.05) is 0 Å². The zero-order chi connectivity index (χ0) is 11.8. The van der Waals surface area contributed by atoms with Gasteiger partial charge in [0.1, 0.15) is 0 Å². The summed E-state index contributed by atoms with van der Waals surface area (Å²) in [5, 5.41) is 6.54. The molecule has 16 heavy (non-hydrogen) atoms. The number of aromatic nitrogens is 2. The molecule has 0 unspecified atom stereocenters. The Morgan fingerprint density at radius 3 is 2.69 bits per heavy atom. The van der Waals surface area contributed by atoms with Crippen LogP contribution in [0.15, 0.2) is 6.07 Å². The molecule has 3 nitrogen and oxygen atoms in total. The quantitative estimate of drug-likeness (QED) is 0.862. The molecule has 0 atom stereocenters.